The Bertz CT molecular complexity index is 733. The lowest BCUT2D eigenvalue weighted by Crippen LogP contribution is -2.05. The molecule has 6 nitrogen and oxygen atoms in total. The number of aliphatic hydroxyl groups excluding tert-OH is 2. The summed E-state index contributed by atoms with van der Waals surface area (Å²) in [6.45, 7) is 1.95. The fourth-order valence-corrected chi connectivity index (χ4v) is 2.99. The smallest absolute Gasteiger partial charge is 0.203 e. The van der Waals surface area contributed by atoms with Gasteiger partial charge in [-0.05, 0) is 54.7 Å². The molecule has 0 aliphatic rings. The van der Waals surface area contributed by atoms with Crippen LogP contribution in [0.4, 0.5) is 0 Å². The maximum Gasteiger partial charge on any atom is 0.203 e. The minimum Gasteiger partial charge on any atom is -0.496 e. The molecule has 0 bridgehead atoms. The summed E-state index contributed by atoms with van der Waals surface area (Å²) in [4.78, 5) is 0. The van der Waals surface area contributed by atoms with E-state index in [-0.39, 0.29) is 0 Å². The lowest BCUT2D eigenvalue weighted by atomic mass is 9.98. The van der Waals surface area contributed by atoms with E-state index in [1.54, 1.807) is 19.2 Å². The Labute approximate surface area is 160 Å². The first kappa shape index (κ1) is 20.9. The Morgan fingerprint density at radius 2 is 1.19 bits per heavy atom. The zero-order valence-corrected chi connectivity index (χ0v) is 16.5. The Morgan fingerprint density at radius 3 is 1.67 bits per heavy atom. The van der Waals surface area contributed by atoms with Crippen LogP contribution >= 0.6 is 0 Å². The average molecular weight is 376 g/mol. The topological polar surface area (TPSA) is 77.4 Å². The molecule has 0 spiro atoms. The fraction of sp³-hybridized carbons (Fsp3) is 0.429. The standard InChI is InChI=1S/C21H28O6/c1-13-6-7-14(10-18(13)24-2)16(22)8-9-17(23)15-11-19(25-3)21(27-5)20(12-15)26-4/h6-7,10-12,16-17,22-23H,8-9H2,1-5H3. The van der Waals surface area contributed by atoms with E-state index in [4.69, 9.17) is 18.9 Å². The molecule has 2 unspecified atom stereocenters. The molecule has 0 amide bonds. The quantitative estimate of drug-likeness (QED) is 0.697. The minimum atomic E-state index is -0.777. The molecule has 0 aliphatic carbocycles. The maximum atomic E-state index is 10.6. The number of benzene rings is 2. The van der Waals surface area contributed by atoms with Crippen molar-refractivity contribution in [3.05, 3.63) is 47.0 Å². The predicted octanol–water partition coefficient (Wildman–Crippen LogP) is 3.58. The van der Waals surface area contributed by atoms with Gasteiger partial charge >= 0.3 is 0 Å². The zero-order chi connectivity index (χ0) is 20.0. The van der Waals surface area contributed by atoms with Gasteiger partial charge < -0.3 is 29.2 Å². The van der Waals surface area contributed by atoms with E-state index in [2.05, 4.69) is 0 Å². The summed E-state index contributed by atoms with van der Waals surface area (Å²) in [5.74, 6) is 2.17. The van der Waals surface area contributed by atoms with Crippen LogP contribution in [0.25, 0.3) is 0 Å². The van der Waals surface area contributed by atoms with Crippen LogP contribution in [0.3, 0.4) is 0 Å². The van der Waals surface area contributed by atoms with Crippen LogP contribution in [0.2, 0.25) is 0 Å². The number of rotatable bonds is 9. The van der Waals surface area contributed by atoms with Crippen LogP contribution in [0, 0.1) is 6.92 Å². The summed E-state index contributed by atoms with van der Waals surface area (Å²) in [6, 6.07) is 9.04. The number of methoxy groups -OCH3 is 4. The highest BCUT2D eigenvalue weighted by Gasteiger charge is 2.19. The highest BCUT2D eigenvalue weighted by molar-refractivity contribution is 5.54. The molecule has 148 valence electrons. The van der Waals surface area contributed by atoms with Crippen LogP contribution < -0.4 is 18.9 Å². The van der Waals surface area contributed by atoms with Crippen molar-refractivity contribution < 1.29 is 29.2 Å². The van der Waals surface area contributed by atoms with Gasteiger partial charge in [-0.1, -0.05) is 12.1 Å². The summed E-state index contributed by atoms with van der Waals surface area (Å²) in [7, 11) is 6.19. The molecule has 0 saturated carbocycles. The van der Waals surface area contributed by atoms with Crippen molar-refractivity contribution in [3.8, 4) is 23.0 Å². The highest BCUT2D eigenvalue weighted by atomic mass is 16.5. The molecule has 0 aromatic heterocycles. The molecule has 2 atom stereocenters. The molecule has 6 heteroatoms. The van der Waals surface area contributed by atoms with E-state index in [1.165, 1.54) is 21.3 Å². The number of ether oxygens (including phenoxy) is 4. The zero-order valence-electron chi connectivity index (χ0n) is 16.5. The fourth-order valence-electron chi connectivity index (χ4n) is 2.99. The summed E-state index contributed by atoms with van der Waals surface area (Å²) >= 11 is 0. The third-order valence-electron chi connectivity index (χ3n) is 4.60. The van der Waals surface area contributed by atoms with Crippen molar-refractivity contribution in [2.24, 2.45) is 0 Å². The van der Waals surface area contributed by atoms with Crippen LogP contribution in [0.15, 0.2) is 30.3 Å². The second-order valence-electron chi connectivity index (χ2n) is 6.30. The van der Waals surface area contributed by atoms with Gasteiger partial charge in [0.1, 0.15) is 5.75 Å². The number of hydrogen-bond acceptors (Lipinski definition) is 6. The maximum absolute atomic E-state index is 10.6. The summed E-state index contributed by atoms with van der Waals surface area (Å²) in [5.41, 5.74) is 2.40. The molecule has 27 heavy (non-hydrogen) atoms. The van der Waals surface area contributed by atoms with Crippen molar-refractivity contribution in [3.63, 3.8) is 0 Å². The molecule has 0 aliphatic heterocycles. The molecule has 2 aromatic rings. The van der Waals surface area contributed by atoms with Gasteiger partial charge in [-0.3, -0.25) is 0 Å². The molecule has 2 N–H and O–H groups in total. The normalized spacial score (nSPS) is 13.0. The third kappa shape index (κ3) is 4.84. The van der Waals surface area contributed by atoms with Gasteiger partial charge in [-0.15, -0.1) is 0 Å². The molecule has 0 fully saturated rings. The second kappa shape index (κ2) is 9.48. The molecule has 0 heterocycles. The number of hydrogen-bond donors (Lipinski definition) is 2. The molecule has 0 saturated heterocycles. The van der Waals surface area contributed by atoms with E-state index < -0.39 is 12.2 Å². The van der Waals surface area contributed by atoms with Crippen molar-refractivity contribution in [1.29, 1.82) is 0 Å². The lowest BCUT2D eigenvalue weighted by molar-refractivity contribution is 0.114. The lowest BCUT2D eigenvalue weighted by Gasteiger charge is -2.19. The summed E-state index contributed by atoms with van der Waals surface area (Å²) in [6.07, 6.45) is -0.711. The van der Waals surface area contributed by atoms with Gasteiger partial charge in [0.15, 0.2) is 11.5 Å². The van der Waals surface area contributed by atoms with Gasteiger partial charge in [-0.2, -0.15) is 0 Å². The van der Waals surface area contributed by atoms with Crippen molar-refractivity contribution >= 4 is 0 Å². The van der Waals surface area contributed by atoms with E-state index in [0.29, 0.717) is 35.7 Å². The van der Waals surface area contributed by atoms with Gasteiger partial charge in [0.25, 0.3) is 0 Å². The van der Waals surface area contributed by atoms with Crippen LogP contribution in [-0.4, -0.2) is 38.7 Å². The highest BCUT2D eigenvalue weighted by Crippen LogP contribution is 2.40. The molecule has 0 radical (unpaired) electrons. The SMILES string of the molecule is COc1cc(C(O)CCC(O)c2cc(OC)c(OC)c(OC)c2)ccc1C. The van der Waals surface area contributed by atoms with E-state index in [0.717, 1.165) is 16.9 Å². The van der Waals surface area contributed by atoms with Crippen molar-refractivity contribution in [2.45, 2.75) is 32.0 Å². The van der Waals surface area contributed by atoms with Gasteiger partial charge in [0.2, 0.25) is 5.75 Å². The Kier molecular flexibility index (Phi) is 7.33. The molecular formula is C21H28O6. The average Bonchev–Trinajstić information content (AvgIpc) is 2.70. The molecule has 2 aromatic carbocycles. The summed E-state index contributed by atoms with van der Waals surface area (Å²) in [5, 5.41) is 21.1. The van der Waals surface area contributed by atoms with Gasteiger partial charge in [0.05, 0.1) is 40.6 Å². The Morgan fingerprint density at radius 1 is 0.704 bits per heavy atom. The van der Waals surface area contributed by atoms with E-state index in [9.17, 15) is 10.2 Å². The van der Waals surface area contributed by atoms with Crippen LogP contribution in [-0.2, 0) is 0 Å². The first-order valence-corrected chi connectivity index (χ1v) is 8.75. The second-order valence-corrected chi connectivity index (χ2v) is 6.30. The van der Waals surface area contributed by atoms with Crippen LogP contribution in [0.5, 0.6) is 23.0 Å². The first-order valence-electron chi connectivity index (χ1n) is 8.75. The molecule has 2 rings (SSSR count). The third-order valence-corrected chi connectivity index (χ3v) is 4.60. The molecular weight excluding hydrogens is 348 g/mol. The van der Waals surface area contributed by atoms with E-state index in [1.807, 2.05) is 25.1 Å². The largest absolute Gasteiger partial charge is 0.496 e. The Balaban J connectivity index is 2.12. The Hall–Kier alpha value is -2.44. The monoisotopic (exact) mass is 376 g/mol. The van der Waals surface area contributed by atoms with Crippen LogP contribution in [0.1, 0.15) is 41.7 Å². The van der Waals surface area contributed by atoms with Gasteiger partial charge in [0, 0.05) is 0 Å². The number of aryl methyl sites for hydroxylation is 1. The minimum absolute atomic E-state index is 0.371. The van der Waals surface area contributed by atoms with Crippen molar-refractivity contribution in [1.82, 2.24) is 0 Å². The van der Waals surface area contributed by atoms with Crippen molar-refractivity contribution in [2.75, 3.05) is 28.4 Å². The van der Waals surface area contributed by atoms with E-state index >= 15 is 0 Å². The van der Waals surface area contributed by atoms with Gasteiger partial charge in [-0.25, -0.2) is 0 Å². The first-order chi connectivity index (χ1) is 12.9. The number of aliphatic hydroxyl groups is 2. The summed E-state index contributed by atoms with van der Waals surface area (Å²) < 4.78 is 21.2. The predicted molar refractivity (Wildman–Crippen MR) is 103 cm³/mol.